The van der Waals surface area contributed by atoms with Gasteiger partial charge in [-0.2, -0.15) is 0 Å². The maximum absolute atomic E-state index is 5.85. The first kappa shape index (κ1) is 11.9. The van der Waals surface area contributed by atoms with E-state index in [-0.39, 0.29) is 0 Å². The van der Waals surface area contributed by atoms with E-state index in [2.05, 4.69) is 54.1 Å². The normalized spacial score (nSPS) is 14.4. The van der Waals surface area contributed by atoms with Gasteiger partial charge in [-0.3, -0.25) is 0 Å². The van der Waals surface area contributed by atoms with Crippen molar-refractivity contribution in [3.63, 3.8) is 0 Å². The summed E-state index contributed by atoms with van der Waals surface area (Å²) in [6, 6.07) is 14.7. The maximum atomic E-state index is 5.85. The van der Waals surface area contributed by atoms with E-state index in [1.165, 1.54) is 22.6 Å². The van der Waals surface area contributed by atoms with Crippen LogP contribution in [0.1, 0.15) is 5.56 Å². The molecule has 3 nitrogen and oxygen atoms in total. The third-order valence-corrected chi connectivity index (χ3v) is 3.75. The zero-order valence-electron chi connectivity index (χ0n) is 11.4. The van der Waals surface area contributed by atoms with E-state index >= 15 is 0 Å². The van der Waals surface area contributed by atoms with Gasteiger partial charge in [0.1, 0.15) is 0 Å². The lowest BCUT2D eigenvalue weighted by atomic mass is 10.1. The van der Waals surface area contributed by atoms with Gasteiger partial charge in [0.15, 0.2) is 0 Å². The highest BCUT2D eigenvalue weighted by molar-refractivity contribution is 5.80. The molecule has 0 aromatic heterocycles. The van der Waals surface area contributed by atoms with Gasteiger partial charge in [-0.15, -0.1) is 0 Å². The Morgan fingerprint density at radius 3 is 2.42 bits per heavy atom. The lowest BCUT2D eigenvalue weighted by molar-refractivity contribution is 0.820. The Labute approximate surface area is 114 Å². The fraction of sp³-hybridized carbons (Fsp3) is 0.250. The first-order chi connectivity index (χ1) is 9.16. The number of nitrogen functional groups attached to an aromatic ring is 1. The smallest absolute Gasteiger partial charge is 0.0649 e. The molecule has 1 heterocycles. The summed E-state index contributed by atoms with van der Waals surface area (Å²) in [5, 5.41) is 0. The molecule has 0 fully saturated rings. The van der Waals surface area contributed by atoms with Gasteiger partial charge >= 0.3 is 0 Å². The first-order valence-corrected chi connectivity index (χ1v) is 6.60. The van der Waals surface area contributed by atoms with Crippen molar-refractivity contribution < 1.29 is 0 Å². The van der Waals surface area contributed by atoms with E-state index in [1.807, 2.05) is 12.1 Å². The quantitative estimate of drug-likeness (QED) is 0.792. The van der Waals surface area contributed by atoms with Crippen molar-refractivity contribution in [2.45, 2.75) is 6.92 Å². The summed E-state index contributed by atoms with van der Waals surface area (Å²) in [7, 11) is 2.14. The third-order valence-electron chi connectivity index (χ3n) is 3.75. The van der Waals surface area contributed by atoms with Crippen LogP contribution in [0.4, 0.5) is 22.7 Å². The predicted molar refractivity (Wildman–Crippen MR) is 82.3 cm³/mol. The fourth-order valence-electron chi connectivity index (χ4n) is 2.74. The van der Waals surface area contributed by atoms with Crippen molar-refractivity contribution in [2.24, 2.45) is 0 Å². The number of para-hydroxylation sites is 2. The lowest BCUT2D eigenvalue weighted by Gasteiger charge is -2.37. The molecule has 2 aromatic rings. The second-order valence-corrected chi connectivity index (χ2v) is 5.11. The Kier molecular flexibility index (Phi) is 2.82. The third kappa shape index (κ3) is 2.01. The van der Waals surface area contributed by atoms with Crippen LogP contribution in [-0.2, 0) is 0 Å². The number of nitrogens with zero attached hydrogens (tertiary/aromatic N) is 2. The molecule has 2 aromatic carbocycles. The highest BCUT2D eigenvalue weighted by Gasteiger charge is 2.21. The van der Waals surface area contributed by atoms with Crippen molar-refractivity contribution in [3.8, 4) is 0 Å². The van der Waals surface area contributed by atoms with E-state index in [4.69, 9.17) is 5.73 Å². The predicted octanol–water partition coefficient (Wildman–Crippen LogP) is 3.17. The van der Waals surface area contributed by atoms with E-state index in [9.17, 15) is 0 Å². The molecule has 0 aliphatic carbocycles. The molecule has 1 aliphatic heterocycles. The zero-order valence-corrected chi connectivity index (χ0v) is 11.4. The molecule has 98 valence electrons. The minimum absolute atomic E-state index is 0.823. The van der Waals surface area contributed by atoms with Gasteiger partial charge in [-0.1, -0.05) is 12.1 Å². The number of hydrogen-bond acceptors (Lipinski definition) is 3. The van der Waals surface area contributed by atoms with Crippen LogP contribution in [0.25, 0.3) is 0 Å². The largest absolute Gasteiger partial charge is 0.399 e. The van der Waals surface area contributed by atoms with E-state index in [1.54, 1.807) is 0 Å². The van der Waals surface area contributed by atoms with E-state index in [0.29, 0.717) is 0 Å². The van der Waals surface area contributed by atoms with Gasteiger partial charge in [0.25, 0.3) is 0 Å². The van der Waals surface area contributed by atoms with Crippen LogP contribution in [0.2, 0.25) is 0 Å². The molecule has 0 saturated carbocycles. The minimum atomic E-state index is 0.823. The fourth-order valence-corrected chi connectivity index (χ4v) is 2.74. The molecular weight excluding hydrogens is 234 g/mol. The minimum Gasteiger partial charge on any atom is -0.399 e. The first-order valence-electron chi connectivity index (χ1n) is 6.60. The molecule has 0 spiro atoms. The highest BCUT2D eigenvalue weighted by atomic mass is 15.3. The molecule has 0 saturated heterocycles. The van der Waals surface area contributed by atoms with Gasteiger partial charge in [-0.05, 0) is 42.8 Å². The molecule has 0 amide bonds. The number of hydrogen-bond donors (Lipinski definition) is 1. The SMILES string of the molecule is Cc1cc(N)ccc1N1CCN(C)c2ccccc21. The lowest BCUT2D eigenvalue weighted by Crippen LogP contribution is -2.36. The molecule has 1 aliphatic rings. The Bertz CT molecular complexity index is 607. The molecule has 0 unspecified atom stereocenters. The summed E-state index contributed by atoms with van der Waals surface area (Å²) in [6.45, 7) is 4.14. The number of anilines is 4. The topological polar surface area (TPSA) is 32.5 Å². The number of fused-ring (bicyclic) bond motifs is 1. The van der Waals surface area contributed by atoms with Crippen molar-refractivity contribution in [2.75, 3.05) is 35.7 Å². The van der Waals surface area contributed by atoms with E-state index in [0.717, 1.165) is 18.8 Å². The van der Waals surface area contributed by atoms with Gasteiger partial charge in [0.2, 0.25) is 0 Å². The summed E-state index contributed by atoms with van der Waals surface area (Å²) in [4.78, 5) is 4.68. The van der Waals surface area contributed by atoms with Crippen molar-refractivity contribution >= 4 is 22.7 Å². The van der Waals surface area contributed by atoms with Crippen LogP contribution in [0.15, 0.2) is 42.5 Å². The molecule has 2 N–H and O–H groups in total. The molecular formula is C16H19N3. The van der Waals surface area contributed by atoms with Crippen LogP contribution in [0.5, 0.6) is 0 Å². The molecule has 0 atom stereocenters. The maximum Gasteiger partial charge on any atom is 0.0649 e. The number of likely N-dealkylation sites (N-methyl/N-ethyl adjacent to an activating group) is 1. The second kappa shape index (κ2) is 4.50. The molecule has 3 rings (SSSR count). The summed E-state index contributed by atoms with van der Waals surface area (Å²) < 4.78 is 0. The Morgan fingerprint density at radius 1 is 0.947 bits per heavy atom. The number of benzene rings is 2. The average molecular weight is 253 g/mol. The number of nitrogens with two attached hydrogens (primary N) is 1. The standard InChI is InChI=1S/C16H19N3/c1-12-11-13(17)7-8-14(12)19-10-9-18(2)15-5-3-4-6-16(15)19/h3-8,11H,9-10,17H2,1-2H3. The van der Waals surface area contributed by atoms with Crippen LogP contribution >= 0.6 is 0 Å². The van der Waals surface area contributed by atoms with Crippen molar-refractivity contribution in [1.29, 1.82) is 0 Å². The van der Waals surface area contributed by atoms with Gasteiger partial charge < -0.3 is 15.5 Å². The molecule has 0 bridgehead atoms. The van der Waals surface area contributed by atoms with Gasteiger partial charge in [-0.25, -0.2) is 0 Å². The van der Waals surface area contributed by atoms with Crippen LogP contribution in [0.3, 0.4) is 0 Å². The summed E-state index contributed by atoms with van der Waals surface area (Å²) in [5.41, 5.74) is 11.7. The molecule has 3 heteroatoms. The summed E-state index contributed by atoms with van der Waals surface area (Å²) >= 11 is 0. The Hall–Kier alpha value is -2.16. The van der Waals surface area contributed by atoms with Crippen LogP contribution in [0, 0.1) is 6.92 Å². The highest BCUT2D eigenvalue weighted by Crippen LogP contribution is 2.38. The Balaban J connectivity index is 2.09. The summed E-state index contributed by atoms with van der Waals surface area (Å²) in [5.74, 6) is 0. The van der Waals surface area contributed by atoms with Crippen LogP contribution in [-0.4, -0.2) is 20.1 Å². The summed E-state index contributed by atoms with van der Waals surface area (Å²) in [6.07, 6.45) is 0. The van der Waals surface area contributed by atoms with Crippen LogP contribution < -0.4 is 15.5 Å². The van der Waals surface area contributed by atoms with Crippen molar-refractivity contribution in [3.05, 3.63) is 48.0 Å². The monoisotopic (exact) mass is 253 g/mol. The second-order valence-electron chi connectivity index (χ2n) is 5.11. The van der Waals surface area contributed by atoms with Crippen molar-refractivity contribution in [1.82, 2.24) is 0 Å². The zero-order chi connectivity index (χ0) is 13.4. The number of aryl methyl sites for hydroxylation is 1. The Morgan fingerprint density at radius 2 is 1.68 bits per heavy atom. The van der Waals surface area contributed by atoms with Gasteiger partial charge in [0, 0.05) is 31.5 Å². The van der Waals surface area contributed by atoms with Gasteiger partial charge in [0.05, 0.1) is 11.4 Å². The average Bonchev–Trinajstić information content (AvgIpc) is 2.41. The molecule has 19 heavy (non-hydrogen) atoms. The number of rotatable bonds is 1. The van der Waals surface area contributed by atoms with E-state index < -0.39 is 0 Å². The molecule has 0 radical (unpaired) electrons.